The van der Waals surface area contributed by atoms with Gasteiger partial charge in [-0.05, 0) is 79.1 Å². The quantitative estimate of drug-likeness (QED) is 0.156. The molecule has 0 fully saturated rings. The first-order chi connectivity index (χ1) is 16.3. The highest BCUT2D eigenvalue weighted by Gasteiger charge is 2.25. The summed E-state index contributed by atoms with van der Waals surface area (Å²) >= 11 is 13.8. The number of carbonyl (C=O) groups excluding carboxylic acids is 2. The van der Waals surface area contributed by atoms with E-state index in [2.05, 4.69) is 4.74 Å². The molecule has 0 saturated heterocycles. The van der Waals surface area contributed by atoms with Gasteiger partial charge in [0.05, 0.1) is 11.3 Å². The summed E-state index contributed by atoms with van der Waals surface area (Å²) in [6.45, 7) is 3.99. The summed E-state index contributed by atoms with van der Waals surface area (Å²) in [5.74, 6) is 0.587. The van der Waals surface area contributed by atoms with E-state index < -0.39 is 0 Å². The number of carbonyl (C=O) groups is 2. The molecule has 0 spiro atoms. The second kappa shape index (κ2) is 9.89. The molecule has 34 heavy (non-hydrogen) atoms. The lowest BCUT2D eigenvalue weighted by Gasteiger charge is -2.12. The van der Waals surface area contributed by atoms with Crippen LogP contribution in [0.2, 0.25) is 10.0 Å². The van der Waals surface area contributed by atoms with Crippen molar-refractivity contribution in [3.63, 3.8) is 0 Å². The molecule has 0 saturated carbocycles. The van der Waals surface area contributed by atoms with Gasteiger partial charge in [0.1, 0.15) is 16.4 Å². The highest BCUT2D eigenvalue weighted by atomic mass is 35.5. The first kappa shape index (κ1) is 23.8. The summed E-state index contributed by atoms with van der Waals surface area (Å²) in [6, 6.07) is 13.4. The summed E-state index contributed by atoms with van der Waals surface area (Å²) in [7, 11) is 0. The van der Waals surface area contributed by atoms with E-state index in [0.29, 0.717) is 54.1 Å². The summed E-state index contributed by atoms with van der Waals surface area (Å²) in [5.41, 5.74) is 2.76. The second-order valence-electron chi connectivity index (χ2n) is 7.51. The van der Waals surface area contributed by atoms with Gasteiger partial charge >= 0.3 is 0 Å². The largest absolute Gasteiger partial charge is 0.508 e. The van der Waals surface area contributed by atoms with Crippen LogP contribution < -0.4 is 4.74 Å². The fraction of sp³-hybridized carbons (Fsp3) is 0.0769. The Kier molecular flexibility index (Phi) is 6.93. The zero-order chi connectivity index (χ0) is 24.4. The normalized spacial score (nSPS) is 11.2. The number of rotatable bonds is 7. The fourth-order valence-corrected chi connectivity index (χ4v) is 5.32. The predicted molar refractivity (Wildman–Crippen MR) is 136 cm³/mol. The maximum Gasteiger partial charge on any atom is 0.297 e. The Hall–Kier alpha value is -3.32. The molecular formula is C26H18Cl2O5S. The van der Waals surface area contributed by atoms with Crippen molar-refractivity contribution in [1.82, 2.24) is 0 Å². The van der Waals surface area contributed by atoms with Gasteiger partial charge in [-0.25, -0.2) is 0 Å². The molecule has 0 unspecified atom stereocenters. The van der Waals surface area contributed by atoms with E-state index in [1.54, 1.807) is 48.5 Å². The molecule has 0 atom stereocenters. The van der Waals surface area contributed by atoms with Crippen molar-refractivity contribution < 1.29 is 24.2 Å². The van der Waals surface area contributed by atoms with E-state index in [9.17, 15) is 14.7 Å². The van der Waals surface area contributed by atoms with Crippen LogP contribution in [-0.2, 0) is 9.53 Å². The maximum absolute atomic E-state index is 13.7. The van der Waals surface area contributed by atoms with Gasteiger partial charge in [-0.15, -0.1) is 11.3 Å². The van der Waals surface area contributed by atoms with E-state index in [1.807, 2.05) is 13.8 Å². The molecule has 4 aromatic rings. The van der Waals surface area contributed by atoms with Gasteiger partial charge in [0.2, 0.25) is 5.78 Å². The van der Waals surface area contributed by atoms with E-state index in [0.717, 1.165) is 11.1 Å². The zero-order valence-corrected chi connectivity index (χ0v) is 20.4. The molecule has 4 rings (SSSR count). The van der Waals surface area contributed by atoms with Crippen LogP contribution in [-0.4, -0.2) is 17.4 Å². The van der Waals surface area contributed by atoms with E-state index >= 15 is 0 Å². The average molecular weight is 513 g/mol. The van der Waals surface area contributed by atoms with Crippen molar-refractivity contribution in [2.24, 2.45) is 0 Å². The molecule has 8 heteroatoms. The van der Waals surface area contributed by atoms with Crippen LogP contribution >= 0.6 is 34.5 Å². The third-order valence-corrected chi connectivity index (χ3v) is 6.77. The molecule has 1 heterocycles. The standard InChI is InChI=1S/C26H18Cl2O5S/c1-14-9-17(27)10-15(2)23(14)24(31)26-25(19-5-4-18(30)12-22(19)34-26)33-21-6-3-16(11-20(21)28)7-8-32-13-29/h3-13,30H,1-2H3/b8-7+. The number of benzene rings is 3. The Morgan fingerprint density at radius 1 is 1.03 bits per heavy atom. The molecule has 172 valence electrons. The average Bonchev–Trinajstić information content (AvgIpc) is 3.12. The molecule has 1 N–H and O–H groups in total. The number of ether oxygens (including phenoxy) is 2. The van der Waals surface area contributed by atoms with Gasteiger partial charge in [0, 0.05) is 20.7 Å². The number of aryl methyl sites for hydroxylation is 2. The molecule has 0 bridgehead atoms. The van der Waals surface area contributed by atoms with Crippen LogP contribution in [0.3, 0.4) is 0 Å². The highest BCUT2D eigenvalue weighted by molar-refractivity contribution is 7.21. The number of halogens is 2. The summed E-state index contributed by atoms with van der Waals surface area (Å²) in [4.78, 5) is 24.4. The maximum atomic E-state index is 13.7. The molecular weight excluding hydrogens is 495 g/mol. The Morgan fingerprint density at radius 3 is 2.44 bits per heavy atom. The number of phenolic OH excluding ortho intramolecular Hbond substituents is 1. The Morgan fingerprint density at radius 2 is 1.76 bits per heavy atom. The van der Waals surface area contributed by atoms with Gasteiger partial charge in [-0.1, -0.05) is 29.3 Å². The molecule has 0 amide bonds. The highest BCUT2D eigenvalue weighted by Crippen LogP contribution is 2.44. The van der Waals surface area contributed by atoms with Crippen molar-refractivity contribution in [3.8, 4) is 17.2 Å². The number of fused-ring (bicyclic) bond motifs is 1. The Bertz CT molecular complexity index is 1430. The van der Waals surface area contributed by atoms with Crippen molar-refractivity contribution in [3.05, 3.63) is 92.0 Å². The molecule has 3 aromatic carbocycles. The minimum atomic E-state index is -0.205. The molecule has 1 aromatic heterocycles. The minimum Gasteiger partial charge on any atom is -0.508 e. The van der Waals surface area contributed by atoms with Gasteiger partial charge in [-0.2, -0.15) is 0 Å². The lowest BCUT2D eigenvalue weighted by molar-refractivity contribution is -0.123. The van der Waals surface area contributed by atoms with E-state index in [4.69, 9.17) is 27.9 Å². The second-order valence-corrected chi connectivity index (χ2v) is 9.41. The Labute approximate surface area is 209 Å². The van der Waals surface area contributed by atoms with Gasteiger partial charge in [0.25, 0.3) is 6.47 Å². The number of hydrogen-bond donors (Lipinski definition) is 1. The van der Waals surface area contributed by atoms with Gasteiger partial charge in [-0.3, -0.25) is 9.59 Å². The van der Waals surface area contributed by atoms with Crippen LogP contribution in [0.1, 0.15) is 31.9 Å². The van der Waals surface area contributed by atoms with Crippen LogP contribution in [0.25, 0.3) is 16.2 Å². The van der Waals surface area contributed by atoms with Crippen LogP contribution in [0.5, 0.6) is 17.2 Å². The summed E-state index contributed by atoms with van der Waals surface area (Å²) in [6.07, 6.45) is 2.82. The van der Waals surface area contributed by atoms with E-state index in [-0.39, 0.29) is 11.5 Å². The summed E-state index contributed by atoms with van der Waals surface area (Å²) < 4.78 is 11.5. The number of thiophene rings is 1. The van der Waals surface area contributed by atoms with Crippen molar-refractivity contribution >= 4 is 63.0 Å². The monoisotopic (exact) mass is 512 g/mol. The van der Waals surface area contributed by atoms with E-state index in [1.165, 1.54) is 23.7 Å². The first-order valence-electron chi connectivity index (χ1n) is 10.1. The lowest BCUT2D eigenvalue weighted by atomic mass is 9.98. The number of ketones is 1. The predicted octanol–water partition coefficient (Wildman–Crippen LogP) is 7.70. The summed E-state index contributed by atoms with van der Waals surface area (Å²) in [5, 5.41) is 11.5. The van der Waals surface area contributed by atoms with Crippen LogP contribution in [0.15, 0.2) is 54.8 Å². The molecule has 0 aliphatic carbocycles. The zero-order valence-electron chi connectivity index (χ0n) is 18.1. The molecule has 5 nitrogen and oxygen atoms in total. The Balaban J connectivity index is 1.81. The molecule has 0 radical (unpaired) electrons. The SMILES string of the molecule is Cc1cc(Cl)cc(C)c1C(=O)c1sc2cc(O)ccc2c1Oc1ccc(/C=C/OC=O)cc1Cl. The molecule has 0 aliphatic rings. The van der Waals surface area contributed by atoms with Crippen molar-refractivity contribution in [1.29, 1.82) is 0 Å². The van der Waals surface area contributed by atoms with Crippen LogP contribution in [0, 0.1) is 13.8 Å². The first-order valence-corrected chi connectivity index (χ1v) is 11.7. The fourth-order valence-electron chi connectivity index (χ4n) is 3.66. The third-order valence-electron chi connectivity index (χ3n) is 5.12. The number of aromatic hydroxyl groups is 1. The van der Waals surface area contributed by atoms with Crippen molar-refractivity contribution in [2.45, 2.75) is 13.8 Å². The van der Waals surface area contributed by atoms with Gasteiger partial charge in [0.15, 0.2) is 5.75 Å². The lowest BCUT2D eigenvalue weighted by Crippen LogP contribution is -2.06. The third kappa shape index (κ3) is 4.80. The van der Waals surface area contributed by atoms with Crippen LogP contribution in [0.4, 0.5) is 0 Å². The molecule has 0 aliphatic heterocycles. The topological polar surface area (TPSA) is 72.8 Å². The smallest absolute Gasteiger partial charge is 0.297 e. The number of hydrogen-bond acceptors (Lipinski definition) is 6. The minimum absolute atomic E-state index is 0.0878. The van der Waals surface area contributed by atoms with Gasteiger partial charge < -0.3 is 14.6 Å². The van der Waals surface area contributed by atoms with Crippen molar-refractivity contribution in [2.75, 3.05) is 0 Å². The number of phenols is 1.